The Kier molecular flexibility index (Phi) is 21.0. The number of carbonyl (C=O) groups is 1. The van der Waals surface area contributed by atoms with E-state index in [0.717, 1.165) is 0 Å². The quantitative estimate of drug-likeness (QED) is 0.139. The SMILES string of the molecule is CC(C)C(N)C(=O)O.OC[C@@H](O)C(O)[C@@H](O)CO.OC[C@@H](O)[C@@H](O)[C@H](O)[C@H](O)CO. The van der Waals surface area contributed by atoms with Crippen LogP contribution in [-0.4, -0.2) is 142 Å². The minimum absolute atomic E-state index is 0.0208. The molecule has 0 rings (SSSR count). The van der Waals surface area contributed by atoms with Crippen LogP contribution in [0.25, 0.3) is 0 Å². The van der Waals surface area contributed by atoms with Crippen molar-refractivity contribution in [3.8, 4) is 0 Å². The summed E-state index contributed by atoms with van der Waals surface area (Å²) in [5.41, 5.74) is 5.16. The molecule has 14 heteroatoms. The van der Waals surface area contributed by atoms with E-state index in [-0.39, 0.29) is 5.92 Å². The van der Waals surface area contributed by atoms with E-state index < -0.39 is 81.2 Å². The number of rotatable bonds is 11. The van der Waals surface area contributed by atoms with Crippen molar-refractivity contribution in [2.24, 2.45) is 11.7 Å². The van der Waals surface area contributed by atoms with E-state index >= 15 is 0 Å². The molecule has 2 unspecified atom stereocenters. The zero-order valence-corrected chi connectivity index (χ0v) is 16.9. The van der Waals surface area contributed by atoms with Gasteiger partial charge in [-0.25, -0.2) is 0 Å². The Morgan fingerprint density at radius 3 is 1.00 bits per heavy atom. The average Bonchev–Trinajstić information content (AvgIpc) is 2.74. The van der Waals surface area contributed by atoms with E-state index in [0.29, 0.717) is 0 Å². The minimum atomic E-state index is -1.67. The van der Waals surface area contributed by atoms with Gasteiger partial charge in [-0.05, 0) is 5.92 Å². The van der Waals surface area contributed by atoms with Crippen LogP contribution in [0.4, 0.5) is 0 Å². The molecule has 0 fully saturated rings. The van der Waals surface area contributed by atoms with Crippen molar-refractivity contribution in [3.63, 3.8) is 0 Å². The van der Waals surface area contributed by atoms with Crippen molar-refractivity contribution in [2.45, 2.75) is 62.6 Å². The van der Waals surface area contributed by atoms with Gasteiger partial charge in [-0.1, -0.05) is 13.8 Å². The fourth-order valence-corrected chi connectivity index (χ4v) is 1.43. The molecule has 0 aliphatic rings. The third-order valence-electron chi connectivity index (χ3n) is 3.68. The maximum Gasteiger partial charge on any atom is 0.320 e. The number of carboxylic acid groups (broad SMARTS) is 1. The largest absolute Gasteiger partial charge is 0.480 e. The van der Waals surface area contributed by atoms with Crippen LogP contribution in [0.3, 0.4) is 0 Å². The second kappa shape index (κ2) is 18.7. The fraction of sp³-hybridized carbons (Fsp3) is 0.938. The highest BCUT2D eigenvalue weighted by Crippen LogP contribution is 2.04. The van der Waals surface area contributed by atoms with Crippen molar-refractivity contribution in [3.05, 3.63) is 0 Å². The first-order chi connectivity index (χ1) is 13.7. The molecule has 0 heterocycles. The molecule has 184 valence electrons. The van der Waals surface area contributed by atoms with Gasteiger partial charge in [0.25, 0.3) is 0 Å². The summed E-state index contributed by atoms with van der Waals surface area (Å²) in [5, 5.41) is 103. The van der Waals surface area contributed by atoms with Crippen LogP contribution >= 0.6 is 0 Å². The molecule has 0 aromatic rings. The number of nitrogens with two attached hydrogens (primary N) is 1. The highest BCUT2D eigenvalue weighted by molar-refractivity contribution is 5.73. The Bertz CT molecular complexity index is 391. The first kappa shape index (κ1) is 33.6. The van der Waals surface area contributed by atoms with E-state index in [2.05, 4.69) is 0 Å². The molecule has 0 saturated heterocycles. The fourth-order valence-electron chi connectivity index (χ4n) is 1.43. The molecule has 0 aromatic heterocycles. The van der Waals surface area contributed by atoms with Gasteiger partial charge in [0.15, 0.2) is 0 Å². The molecule has 14 nitrogen and oxygen atoms in total. The third kappa shape index (κ3) is 14.9. The molecule has 0 radical (unpaired) electrons. The lowest BCUT2D eigenvalue weighted by atomic mass is 10.0. The van der Waals surface area contributed by atoms with Crippen molar-refractivity contribution < 1.29 is 66.1 Å². The Balaban J connectivity index is -0.000000372. The Hall–Kier alpha value is -1.01. The lowest BCUT2D eigenvalue weighted by molar-refractivity contribution is -0.139. The summed E-state index contributed by atoms with van der Waals surface area (Å²) in [5.74, 6) is -0.910. The first-order valence-corrected chi connectivity index (χ1v) is 8.91. The highest BCUT2D eigenvalue weighted by Gasteiger charge is 2.29. The Labute approximate surface area is 173 Å². The monoisotopic (exact) mass is 451 g/mol. The molecule has 0 aliphatic heterocycles. The summed E-state index contributed by atoms with van der Waals surface area (Å²) in [6.45, 7) is 0.820. The van der Waals surface area contributed by atoms with Gasteiger partial charge in [-0.3, -0.25) is 4.79 Å². The number of hydrogen-bond acceptors (Lipinski definition) is 13. The van der Waals surface area contributed by atoms with E-state index in [4.69, 9.17) is 67.0 Å². The molecule has 30 heavy (non-hydrogen) atoms. The molecule has 0 saturated carbocycles. The van der Waals surface area contributed by atoms with Crippen molar-refractivity contribution >= 4 is 5.97 Å². The lowest BCUT2D eigenvalue weighted by Crippen LogP contribution is -2.46. The van der Waals surface area contributed by atoms with E-state index in [9.17, 15) is 4.79 Å². The van der Waals surface area contributed by atoms with Crippen LogP contribution in [0.15, 0.2) is 0 Å². The van der Waals surface area contributed by atoms with Gasteiger partial charge < -0.3 is 67.0 Å². The highest BCUT2D eigenvalue weighted by atomic mass is 16.4. The molecule has 8 atom stereocenters. The average molecular weight is 451 g/mol. The zero-order valence-electron chi connectivity index (χ0n) is 16.9. The standard InChI is InChI=1S/C6H14O6.C5H11NO2.C5H12O5/c7-1-3(9)5(11)6(12)4(10)2-8;1-3(2)4(6)5(7)8;6-1-3(8)5(10)4(9)2-7/h3-12H,1-2H2;3-4H,6H2,1-2H3,(H,7,8);3-10H,1-2H2/t3-,4-,5-,6-;;3-,4+,5?/m1../s1. The number of aliphatic hydroxyl groups excluding tert-OH is 11. The molecular weight excluding hydrogens is 414 g/mol. The molecule has 0 bridgehead atoms. The van der Waals surface area contributed by atoms with Crippen LogP contribution in [0.2, 0.25) is 0 Å². The normalized spacial score (nSPS) is 19.0. The van der Waals surface area contributed by atoms with Gasteiger partial charge in [0.05, 0.1) is 26.4 Å². The zero-order chi connectivity index (χ0) is 24.6. The number of carboxylic acids is 1. The van der Waals surface area contributed by atoms with Crippen LogP contribution in [-0.2, 0) is 4.79 Å². The van der Waals surface area contributed by atoms with Gasteiger partial charge in [-0.15, -0.1) is 0 Å². The maximum atomic E-state index is 10.0. The smallest absolute Gasteiger partial charge is 0.320 e. The number of hydrogen-bond donors (Lipinski definition) is 13. The molecule has 14 N–H and O–H groups in total. The van der Waals surface area contributed by atoms with Gasteiger partial charge in [0.2, 0.25) is 0 Å². The first-order valence-electron chi connectivity index (χ1n) is 8.91. The molecule has 0 aromatic carbocycles. The number of aliphatic hydroxyl groups is 11. The minimum Gasteiger partial charge on any atom is -0.480 e. The van der Waals surface area contributed by atoms with E-state index in [1.165, 1.54) is 0 Å². The van der Waals surface area contributed by atoms with Gasteiger partial charge >= 0.3 is 5.97 Å². The Morgan fingerprint density at radius 1 is 0.633 bits per heavy atom. The number of aliphatic carboxylic acids is 1. The summed E-state index contributed by atoms with van der Waals surface area (Å²) >= 11 is 0. The van der Waals surface area contributed by atoms with E-state index in [1.807, 2.05) is 0 Å². The topological polar surface area (TPSA) is 286 Å². The predicted molar refractivity (Wildman–Crippen MR) is 101 cm³/mol. The van der Waals surface area contributed by atoms with Crippen LogP contribution in [0.1, 0.15) is 13.8 Å². The maximum absolute atomic E-state index is 10.0. The summed E-state index contributed by atoms with van der Waals surface area (Å²) in [7, 11) is 0. The second-order valence-corrected chi connectivity index (χ2v) is 6.58. The van der Waals surface area contributed by atoms with Crippen molar-refractivity contribution in [1.29, 1.82) is 0 Å². The third-order valence-corrected chi connectivity index (χ3v) is 3.68. The van der Waals surface area contributed by atoms with Gasteiger partial charge in [-0.2, -0.15) is 0 Å². The lowest BCUT2D eigenvalue weighted by Gasteiger charge is -2.24. The van der Waals surface area contributed by atoms with Crippen LogP contribution in [0.5, 0.6) is 0 Å². The van der Waals surface area contributed by atoms with Crippen LogP contribution in [0, 0.1) is 5.92 Å². The molecular formula is C16H37NO13. The van der Waals surface area contributed by atoms with Gasteiger partial charge in [0.1, 0.15) is 48.8 Å². The predicted octanol–water partition coefficient (Wildman–Crippen LogP) is -6.48. The second-order valence-electron chi connectivity index (χ2n) is 6.58. The van der Waals surface area contributed by atoms with Gasteiger partial charge in [0, 0.05) is 0 Å². The van der Waals surface area contributed by atoms with Crippen LogP contribution < -0.4 is 5.73 Å². The summed E-state index contributed by atoms with van der Waals surface area (Å²) < 4.78 is 0. The molecule has 0 aliphatic carbocycles. The van der Waals surface area contributed by atoms with Crippen molar-refractivity contribution in [2.75, 3.05) is 26.4 Å². The van der Waals surface area contributed by atoms with E-state index in [1.54, 1.807) is 13.8 Å². The molecule has 0 spiro atoms. The van der Waals surface area contributed by atoms with Crippen molar-refractivity contribution in [1.82, 2.24) is 0 Å². The summed E-state index contributed by atoms with van der Waals surface area (Å²) in [6, 6.07) is -0.713. The summed E-state index contributed by atoms with van der Waals surface area (Å²) in [4.78, 5) is 10.0. The summed E-state index contributed by atoms with van der Waals surface area (Å²) in [6.07, 6.45) is -10.7. The molecule has 0 amide bonds. The Morgan fingerprint density at radius 2 is 0.867 bits per heavy atom.